The highest BCUT2D eigenvalue weighted by molar-refractivity contribution is 7.87. The number of alkyl halides is 9. The van der Waals surface area contributed by atoms with Gasteiger partial charge in [-0.3, -0.25) is 9.35 Å². The van der Waals surface area contributed by atoms with Gasteiger partial charge in [0, 0.05) is 5.41 Å². The van der Waals surface area contributed by atoms with Gasteiger partial charge in [0.25, 0.3) is 0 Å². The molecule has 15 heteroatoms. The molecule has 0 saturated carbocycles. The summed E-state index contributed by atoms with van der Waals surface area (Å²) in [5.74, 6) is -14.4. The highest BCUT2D eigenvalue weighted by atomic mass is 32.2. The van der Waals surface area contributed by atoms with Crippen LogP contribution in [0.3, 0.4) is 0 Å². The van der Waals surface area contributed by atoms with Crippen LogP contribution in [0.25, 0.3) is 0 Å². The van der Waals surface area contributed by atoms with Crippen LogP contribution in [-0.2, 0) is 14.9 Å². The normalized spacial score (nSPS) is 14.5. The van der Waals surface area contributed by atoms with Crippen LogP contribution in [0.15, 0.2) is 0 Å². The van der Waals surface area contributed by atoms with E-state index in [2.05, 4.69) is 13.8 Å². The van der Waals surface area contributed by atoms with E-state index in [-0.39, 0.29) is 5.41 Å². The van der Waals surface area contributed by atoms with Crippen LogP contribution in [0.4, 0.5) is 39.5 Å². The Balaban J connectivity index is 0. The van der Waals surface area contributed by atoms with E-state index in [0.29, 0.717) is 5.78 Å². The van der Waals surface area contributed by atoms with Crippen LogP contribution >= 0.6 is 12.6 Å². The zero-order valence-corrected chi connectivity index (χ0v) is 20.4. The van der Waals surface area contributed by atoms with Crippen LogP contribution < -0.4 is 0 Å². The number of Topliss-reactive ketones (excluding diaryl/α,β-unsaturated/α-hetero) is 1. The minimum Gasteiger partial charge on any atom is -0.298 e. The fraction of sp³-hybridized carbons (Fsp3) is 0.944. The van der Waals surface area contributed by atoms with Crippen molar-refractivity contribution in [2.24, 2.45) is 5.41 Å². The molecule has 0 radical (unpaired) electrons. The molecule has 0 heterocycles. The van der Waals surface area contributed by atoms with Gasteiger partial charge in [-0.25, -0.2) is 0 Å². The first-order valence-corrected chi connectivity index (χ1v) is 11.6. The summed E-state index contributed by atoms with van der Waals surface area (Å²) in [6, 6.07) is 0. The van der Waals surface area contributed by atoms with Gasteiger partial charge in [0.2, 0.25) is 0 Å². The lowest BCUT2D eigenvalue weighted by Crippen LogP contribution is -2.63. The average Bonchev–Trinajstić information content (AvgIpc) is 2.61. The molecule has 0 unspecified atom stereocenters. The predicted molar refractivity (Wildman–Crippen MR) is 108 cm³/mol. The smallest absolute Gasteiger partial charge is 0.298 e. The number of hydrogen-bond donors (Lipinski definition) is 2. The predicted octanol–water partition coefficient (Wildman–Crippen LogP) is 6.95. The monoisotopic (exact) mass is 544 g/mol. The maximum Gasteiger partial charge on any atom is 0.460 e. The third-order valence-corrected chi connectivity index (χ3v) is 5.99. The summed E-state index contributed by atoms with van der Waals surface area (Å²) >= 11 is 4.73. The summed E-state index contributed by atoms with van der Waals surface area (Å²) in [6.07, 6.45) is -0.849. The van der Waals surface area contributed by atoms with E-state index < -0.39 is 38.1 Å². The number of carbonyl (C=O) groups excluding carboxylic acids is 1. The van der Waals surface area contributed by atoms with Gasteiger partial charge in [0.05, 0.1) is 4.75 Å². The molecule has 0 aromatic carbocycles. The van der Waals surface area contributed by atoms with Gasteiger partial charge in [-0.1, -0.05) is 60.3 Å². The largest absolute Gasteiger partial charge is 0.460 e. The van der Waals surface area contributed by atoms with Crippen LogP contribution in [0.2, 0.25) is 0 Å². The van der Waals surface area contributed by atoms with Gasteiger partial charge < -0.3 is 0 Å². The summed E-state index contributed by atoms with van der Waals surface area (Å²) in [6.45, 7) is 10.3. The third kappa shape index (κ3) is 8.18. The second kappa shape index (κ2) is 11.4. The van der Waals surface area contributed by atoms with Crippen molar-refractivity contribution in [3.05, 3.63) is 0 Å². The molecular weight excluding hydrogens is 515 g/mol. The Labute approximate surface area is 192 Å². The van der Waals surface area contributed by atoms with E-state index in [0.717, 1.165) is 38.5 Å². The lowest BCUT2D eigenvalue weighted by atomic mass is 9.78. The van der Waals surface area contributed by atoms with Crippen molar-refractivity contribution < 1.29 is 57.3 Å². The fourth-order valence-corrected chi connectivity index (χ4v) is 3.62. The number of carbonyl (C=O) groups is 1. The molecular formula is C18H29F9O4S2. The maximum atomic E-state index is 12.4. The molecule has 33 heavy (non-hydrogen) atoms. The quantitative estimate of drug-likeness (QED) is 0.177. The molecule has 0 aliphatic heterocycles. The molecule has 0 aromatic heterocycles. The number of ketones is 1. The molecule has 0 bridgehead atoms. The van der Waals surface area contributed by atoms with Gasteiger partial charge >= 0.3 is 33.4 Å². The Morgan fingerprint density at radius 3 is 1.33 bits per heavy atom. The third-order valence-electron chi connectivity index (χ3n) is 4.43. The van der Waals surface area contributed by atoms with Gasteiger partial charge in [-0.2, -0.15) is 60.6 Å². The first-order valence-electron chi connectivity index (χ1n) is 9.72. The number of hydrogen-bond acceptors (Lipinski definition) is 4. The Morgan fingerprint density at radius 1 is 0.788 bits per heavy atom. The minimum absolute atomic E-state index is 0.275. The number of halogens is 9. The molecule has 1 N–H and O–H groups in total. The molecule has 0 aliphatic carbocycles. The van der Waals surface area contributed by atoms with E-state index in [1.54, 1.807) is 0 Å². The second-order valence-corrected chi connectivity index (χ2v) is 10.8. The van der Waals surface area contributed by atoms with Crippen LogP contribution in [0.1, 0.15) is 73.1 Å². The maximum absolute atomic E-state index is 12.4. The van der Waals surface area contributed by atoms with Crippen molar-refractivity contribution in [3.8, 4) is 0 Å². The summed E-state index contributed by atoms with van der Waals surface area (Å²) in [4.78, 5) is 12.4. The molecule has 0 fully saturated rings. The average molecular weight is 545 g/mol. The molecule has 0 aliphatic rings. The molecule has 0 spiro atoms. The lowest BCUT2D eigenvalue weighted by molar-refractivity contribution is -0.382. The van der Waals surface area contributed by atoms with E-state index >= 15 is 0 Å². The second-order valence-electron chi connectivity index (χ2n) is 8.46. The molecule has 4 nitrogen and oxygen atoms in total. The Bertz CT molecular complexity index is 735. The van der Waals surface area contributed by atoms with Crippen molar-refractivity contribution in [3.63, 3.8) is 0 Å². The minimum atomic E-state index is -7.37. The van der Waals surface area contributed by atoms with Gasteiger partial charge in [0.1, 0.15) is 0 Å². The van der Waals surface area contributed by atoms with Crippen molar-refractivity contribution >= 4 is 28.5 Å². The molecule has 0 rings (SSSR count). The summed E-state index contributed by atoms with van der Waals surface area (Å²) < 4.78 is 134. The molecule has 0 saturated heterocycles. The summed E-state index contributed by atoms with van der Waals surface area (Å²) in [7, 11) is -7.17. The Morgan fingerprint density at radius 2 is 1.12 bits per heavy atom. The summed E-state index contributed by atoms with van der Waals surface area (Å²) in [5.41, 5.74) is -0.275. The van der Waals surface area contributed by atoms with E-state index in [4.69, 9.17) is 17.2 Å². The van der Waals surface area contributed by atoms with E-state index in [1.807, 2.05) is 20.8 Å². The first kappa shape index (κ1) is 34.5. The zero-order chi connectivity index (χ0) is 27.3. The number of rotatable bonds is 10. The van der Waals surface area contributed by atoms with Crippen LogP contribution in [-0.4, -0.2) is 46.8 Å². The van der Waals surface area contributed by atoms with Crippen molar-refractivity contribution in [2.45, 2.75) is 101 Å². The highest BCUT2D eigenvalue weighted by Gasteiger charge is 2.85. The highest BCUT2D eigenvalue weighted by Crippen LogP contribution is 2.54. The first-order chi connectivity index (χ1) is 14.3. The molecule has 0 atom stereocenters. The fourth-order valence-electron chi connectivity index (χ4n) is 2.51. The summed E-state index contributed by atoms with van der Waals surface area (Å²) in [5, 5.41) is -7.00. The van der Waals surface area contributed by atoms with Crippen molar-refractivity contribution in [1.82, 2.24) is 0 Å². The molecule has 0 amide bonds. The van der Waals surface area contributed by atoms with Crippen molar-refractivity contribution in [1.29, 1.82) is 0 Å². The molecule has 0 aromatic rings. The van der Waals surface area contributed by atoms with Gasteiger partial charge in [-0.05, 0) is 12.8 Å². The van der Waals surface area contributed by atoms with Gasteiger partial charge in [-0.15, -0.1) is 0 Å². The standard InChI is InChI=1S/C14H28OS.C4HF9O3S/c1-6-8-10-14(16,11-9-7-2)12(15)13(3,4)5;5-1(6,3(9,10)11)2(7,8)4(12,13)17(14,15)16/h16H,6-11H2,1-5H3;(H,14,15,16). The van der Waals surface area contributed by atoms with Crippen LogP contribution in [0, 0.1) is 5.41 Å². The van der Waals surface area contributed by atoms with Crippen molar-refractivity contribution in [2.75, 3.05) is 0 Å². The topological polar surface area (TPSA) is 71.4 Å². The van der Waals surface area contributed by atoms with E-state index in [9.17, 15) is 52.7 Å². The van der Waals surface area contributed by atoms with E-state index in [1.165, 1.54) is 0 Å². The number of unbranched alkanes of at least 4 members (excludes halogenated alkanes) is 2. The zero-order valence-electron chi connectivity index (χ0n) is 18.7. The number of thiol groups is 1. The Kier molecular flexibility index (Phi) is 11.9. The van der Waals surface area contributed by atoms with Gasteiger partial charge in [0.15, 0.2) is 5.78 Å². The SMILES string of the molecule is CCCCC(S)(CCCC)C(=O)C(C)(C)C.O=S(=O)(O)C(F)(F)C(F)(F)C(F)(F)C(F)(F)F. The Hall–Kier alpha value is -0.700. The van der Waals surface area contributed by atoms with Crippen LogP contribution in [0.5, 0.6) is 0 Å². The molecule has 200 valence electrons. The lowest BCUT2D eigenvalue weighted by Gasteiger charge is -2.33.